The molecule has 0 saturated heterocycles. The molecule has 0 aromatic carbocycles. The van der Waals surface area contributed by atoms with Crippen molar-refractivity contribution in [3.63, 3.8) is 0 Å². The molecule has 0 radical (unpaired) electrons. The summed E-state index contributed by atoms with van der Waals surface area (Å²) in [6.07, 6.45) is 10.9. The van der Waals surface area contributed by atoms with Crippen molar-refractivity contribution < 1.29 is 4.21 Å². The Morgan fingerprint density at radius 3 is 2.89 bits per heavy atom. The largest absolute Gasteiger partial charge is 0.367 e. The maximum Gasteiger partial charge on any atom is 0.220 e. The second kappa shape index (κ2) is 6.43. The Balaban J connectivity index is 2.29. The van der Waals surface area contributed by atoms with Gasteiger partial charge in [0.15, 0.2) is 0 Å². The molecule has 1 saturated carbocycles. The van der Waals surface area contributed by atoms with Crippen LogP contribution in [0.25, 0.3) is 6.08 Å². The summed E-state index contributed by atoms with van der Waals surface area (Å²) >= 11 is 0. The van der Waals surface area contributed by atoms with Gasteiger partial charge in [0.2, 0.25) is 5.16 Å². The van der Waals surface area contributed by atoms with Gasteiger partial charge < -0.3 is 5.32 Å². The number of nitrogens with zero attached hydrogens (tertiary/aromatic N) is 3. The maximum atomic E-state index is 11.4. The van der Waals surface area contributed by atoms with Gasteiger partial charge in [0, 0.05) is 30.1 Å². The Morgan fingerprint density at radius 2 is 2.26 bits per heavy atom. The van der Waals surface area contributed by atoms with Crippen LogP contribution in [0.15, 0.2) is 17.4 Å². The maximum absolute atomic E-state index is 11.4. The molecule has 0 amide bonds. The number of anilines is 1. The van der Waals surface area contributed by atoms with E-state index >= 15 is 0 Å². The summed E-state index contributed by atoms with van der Waals surface area (Å²) in [4.78, 5) is 8.36. The lowest BCUT2D eigenvalue weighted by Gasteiger charge is -2.14. The van der Waals surface area contributed by atoms with Crippen LogP contribution < -0.4 is 5.32 Å². The molecular formula is C13H16N4OS. The van der Waals surface area contributed by atoms with Crippen LogP contribution in [0.2, 0.25) is 0 Å². The predicted octanol–water partition coefficient (Wildman–Crippen LogP) is 2.11. The molecule has 0 bridgehead atoms. The first-order valence-electron chi connectivity index (χ1n) is 6.24. The second-order valence-electron chi connectivity index (χ2n) is 4.50. The highest BCUT2D eigenvalue weighted by molar-refractivity contribution is 7.84. The summed E-state index contributed by atoms with van der Waals surface area (Å²) in [6.45, 7) is 0. The van der Waals surface area contributed by atoms with E-state index in [0.717, 1.165) is 18.4 Å². The zero-order valence-electron chi connectivity index (χ0n) is 10.8. The van der Waals surface area contributed by atoms with Crippen molar-refractivity contribution in [3.05, 3.63) is 17.8 Å². The van der Waals surface area contributed by atoms with E-state index < -0.39 is 10.8 Å². The van der Waals surface area contributed by atoms with E-state index in [0.29, 0.717) is 17.0 Å². The fourth-order valence-electron chi connectivity index (χ4n) is 2.14. The fraction of sp³-hybridized carbons (Fsp3) is 0.462. The molecule has 1 aromatic rings. The van der Waals surface area contributed by atoms with Gasteiger partial charge in [0.1, 0.15) is 5.82 Å². The number of nitrogens with one attached hydrogen (secondary N) is 1. The van der Waals surface area contributed by atoms with Crippen LogP contribution >= 0.6 is 0 Å². The summed E-state index contributed by atoms with van der Waals surface area (Å²) in [7, 11) is -1.21. The molecule has 1 aromatic heterocycles. The average molecular weight is 276 g/mol. The van der Waals surface area contributed by atoms with E-state index in [4.69, 9.17) is 5.26 Å². The minimum Gasteiger partial charge on any atom is -0.367 e. The van der Waals surface area contributed by atoms with Crippen molar-refractivity contribution in [2.45, 2.75) is 36.9 Å². The van der Waals surface area contributed by atoms with Crippen molar-refractivity contribution >= 4 is 22.7 Å². The molecule has 100 valence electrons. The highest BCUT2D eigenvalue weighted by atomic mass is 32.2. The highest BCUT2D eigenvalue weighted by Gasteiger charge is 2.17. The van der Waals surface area contributed by atoms with Crippen molar-refractivity contribution in [3.8, 4) is 6.07 Å². The lowest BCUT2D eigenvalue weighted by atomic mass is 10.2. The number of allylic oxidation sites excluding steroid dienone is 1. The van der Waals surface area contributed by atoms with Crippen LogP contribution in [0, 0.1) is 11.3 Å². The number of hydrogen-bond acceptors (Lipinski definition) is 5. The summed E-state index contributed by atoms with van der Waals surface area (Å²) in [5.74, 6) is 0.665. The van der Waals surface area contributed by atoms with Gasteiger partial charge >= 0.3 is 0 Å². The van der Waals surface area contributed by atoms with Crippen molar-refractivity contribution in [2.24, 2.45) is 0 Å². The van der Waals surface area contributed by atoms with E-state index in [9.17, 15) is 4.21 Å². The zero-order chi connectivity index (χ0) is 13.7. The summed E-state index contributed by atoms with van der Waals surface area (Å²) in [5.41, 5.74) is 0.752. The highest BCUT2D eigenvalue weighted by Crippen LogP contribution is 2.24. The first-order valence-corrected chi connectivity index (χ1v) is 7.79. The van der Waals surface area contributed by atoms with Crippen molar-refractivity contribution in [1.29, 1.82) is 5.26 Å². The van der Waals surface area contributed by atoms with Crippen LogP contribution in [-0.4, -0.2) is 26.5 Å². The van der Waals surface area contributed by atoms with E-state index in [-0.39, 0.29) is 0 Å². The van der Waals surface area contributed by atoms with Crippen LogP contribution in [-0.2, 0) is 10.8 Å². The normalized spacial score (nSPS) is 17.5. The number of nitriles is 1. The third kappa shape index (κ3) is 3.61. The summed E-state index contributed by atoms with van der Waals surface area (Å²) in [5, 5.41) is 12.3. The van der Waals surface area contributed by atoms with E-state index in [2.05, 4.69) is 15.3 Å². The number of rotatable bonds is 4. The van der Waals surface area contributed by atoms with Crippen molar-refractivity contribution in [1.82, 2.24) is 9.97 Å². The molecule has 1 N–H and O–H groups in total. The Hall–Kier alpha value is -1.74. The van der Waals surface area contributed by atoms with Gasteiger partial charge in [-0.3, -0.25) is 4.21 Å². The molecule has 5 nitrogen and oxygen atoms in total. The number of hydrogen-bond donors (Lipinski definition) is 1. The van der Waals surface area contributed by atoms with Crippen LogP contribution in [0.1, 0.15) is 31.2 Å². The summed E-state index contributed by atoms with van der Waals surface area (Å²) in [6, 6.07) is 2.36. The van der Waals surface area contributed by atoms with E-state index in [1.807, 2.05) is 6.07 Å². The van der Waals surface area contributed by atoms with Gasteiger partial charge in [-0.25, -0.2) is 9.97 Å². The Labute approximate surface area is 115 Å². The molecule has 1 heterocycles. The van der Waals surface area contributed by atoms with Crippen LogP contribution in [0.5, 0.6) is 0 Å². The molecule has 2 rings (SSSR count). The standard InChI is InChI=1S/C13H16N4OS/c1-19(18)13-15-9-10(5-4-8-14)12(17-13)16-11-6-2-3-7-11/h4-5,9,11H,2-3,6-7H2,1H3,(H,15,16,17). The Kier molecular flexibility index (Phi) is 4.63. The van der Waals surface area contributed by atoms with Gasteiger partial charge in [-0.1, -0.05) is 12.8 Å². The van der Waals surface area contributed by atoms with E-state index in [1.165, 1.54) is 18.9 Å². The average Bonchev–Trinajstić information content (AvgIpc) is 2.90. The van der Waals surface area contributed by atoms with Crippen LogP contribution in [0.4, 0.5) is 5.82 Å². The molecule has 6 heteroatoms. The fourth-order valence-corrected chi connectivity index (χ4v) is 2.56. The third-order valence-corrected chi connectivity index (χ3v) is 3.80. The SMILES string of the molecule is CS(=O)c1ncc(C=CC#N)c(NC2CCCC2)n1. The predicted molar refractivity (Wildman–Crippen MR) is 74.9 cm³/mol. The van der Waals surface area contributed by atoms with Crippen molar-refractivity contribution in [2.75, 3.05) is 11.6 Å². The molecular weight excluding hydrogens is 260 g/mol. The molecule has 1 unspecified atom stereocenters. The first kappa shape index (κ1) is 13.7. The monoisotopic (exact) mass is 276 g/mol. The topological polar surface area (TPSA) is 78.7 Å². The Bertz CT molecular complexity index is 544. The first-order chi connectivity index (χ1) is 9.20. The van der Waals surface area contributed by atoms with Gasteiger partial charge in [-0.15, -0.1) is 0 Å². The Morgan fingerprint density at radius 1 is 1.53 bits per heavy atom. The van der Waals surface area contributed by atoms with Gasteiger partial charge in [-0.2, -0.15) is 5.26 Å². The molecule has 1 aliphatic rings. The minimum absolute atomic E-state index is 0.314. The second-order valence-corrected chi connectivity index (χ2v) is 5.77. The molecule has 0 spiro atoms. The lowest BCUT2D eigenvalue weighted by Crippen LogP contribution is -2.17. The smallest absolute Gasteiger partial charge is 0.220 e. The minimum atomic E-state index is -1.21. The quantitative estimate of drug-likeness (QED) is 0.673. The molecule has 19 heavy (non-hydrogen) atoms. The molecule has 1 aliphatic carbocycles. The number of aromatic nitrogens is 2. The zero-order valence-corrected chi connectivity index (χ0v) is 11.6. The van der Waals surface area contributed by atoms with Gasteiger partial charge in [0.25, 0.3) is 0 Å². The molecule has 1 atom stereocenters. The van der Waals surface area contributed by atoms with E-state index in [1.54, 1.807) is 18.5 Å². The van der Waals surface area contributed by atoms with Gasteiger partial charge in [-0.05, 0) is 18.9 Å². The lowest BCUT2D eigenvalue weighted by molar-refractivity contribution is 0.678. The third-order valence-electron chi connectivity index (χ3n) is 3.09. The van der Waals surface area contributed by atoms with Gasteiger partial charge in [0.05, 0.1) is 16.9 Å². The molecule has 0 aliphatic heterocycles. The molecule has 1 fully saturated rings. The van der Waals surface area contributed by atoms with Crippen LogP contribution in [0.3, 0.4) is 0 Å². The summed E-state index contributed by atoms with van der Waals surface area (Å²) < 4.78 is 11.4.